The number of fused-ring (bicyclic) bond motifs is 1. The summed E-state index contributed by atoms with van der Waals surface area (Å²) in [6, 6.07) is 2.87. The number of carboxylic acid groups (broad SMARTS) is 1. The number of thioether (sulfide) groups is 2. The van der Waals surface area contributed by atoms with Gasteiger partial charge in [-0.15, -0.1) is 23.1 Å². The lowest BCUT2D eigenvalue weighted by molar-refractivity contribution is -0.673. The highest BCUT2D eigenvalue weighted by molar-refractivity contribution is 8.02. The second-order valence-corrected chi connectivity index (χ2v) is 10.2. The summed E-state index contributed by atoms with van der Waals surface area (Å²) in [5.74, 6) is -2.27. The molecule has 1 fully saturated rings. The maximum Gasteiger partial charge on any atom is 0.352 e. The Balaban J connectivity index is 1.48. The fourth-order valence-corrected chi connectivity index (χ4v) is 6.05. The second-order valence-electron chi connectivity index (χ2n) is 7.19. The number of amides is 2. The van der Waals surface area contributed by atoms with Crippen molar-refractivity contribution in [3.63, 3.8) is 0 Å². The molecule has 2 atom stereocenters. The zero-order valence-electron chi connectivity index (χ0n) is 17.6. The van der Waals surface area contributed by atoms with Crippen molar-refractivity contribution in [1.29, 1.82) is 0 Å². The first-order valence-electron chi connectivity index (χ1n) is 9.74. The minimum atomic E-state index is -1.23. The number of nitrogens with two attached hydrogens (primary N) is 1. The highest BCUT2D eigenvalue weighted by Gasteiger charge is 2.54. The standard InChI is InChI=1S/C20H18N6O5S3/c1-25-5-2-3-11(7-25)32-6-4-10-8-33-18-14(17(28)26(18)15(10)19(29)30)23-16(27)13(24-31)12-9-34-20(21)22-12/h2-7,9,14,18H,8H2,1H3,(H4-,21,22,23,27,29,30,31)/p+1/b6-4+/t14-,18-/m1/s1. The number of anilines is 1. The predicted octanol–water partition coefficient (Wildman–Crippen LogP) is 0.773. The monoisotopic (exact) mass is 519 g/mol. The van der Waals surface area contributed by atoms with Gasteiger partial charge < -0.3 is 21.4 Å². The lowest BCUT2D eigenvalue weighted by Gasteiger charge is -2.49. The summed E-state index contributed by atoms with van der Waals surface area (Å²) in [6.45, 7) is 0. The van der Waals surface area contributed by atoms with Crippen molar-refractivity contribution in [3.05, 3.63) is 58.4 Å². The van der Waals surface area contributed by atoms with Crippen LogP contribution in [-0.4, -0.2) is 60.9 Å². The number of allylic oxidation sites excluding steroid dienone is 1. The van der Waals surface area contributed by atoms with Crippen molar-refractivity contribution in [1.82, 2.24) is 15.2 Å². The largest absolute Gasteiger partial charge is 0.477 e. The van der Waals surface area contributed by atoms with Crippen LogP contribution in [0, 0.1) is 0 Å². The molecule has 1 saturated heterocycles. The Morgan fingerprint density at radius 1 is 1.47 bits per heavy atom. The number of β-lactam (4-membered cyclic amide) rings is 1. The number of aliphatic carboxylic acids is 1. The number of carbonyl (C=O) groups excluding carboxylic acids is 2. The molecule has 0 aromatic carbocycles. The minimum absolute atomic E-state index is 0.0745. The number of hydrogen-bond donors (Lipinski definition) is 4. The summed E-state index contributed by atoms with van der Waals surface area (Å²) in [6.07, 6.45) is 5.53. The number of aromatic nitrogens is 2. The number of aryl methyl sites for hydroxylation is 1. The van der Waals surface area contributed by atoms with Crippen LogP contribution in [0.1, 0.15) is 5.69 Å². The zero-order chi connectivity index (χ0) is 24.4. The summed E-state index contributed by atoms with van der Waals surface area (Å²) in [4.78, 5) is 43.4. The number of nitrogens with zero attached hydrogens (tertiary/aromatic N) is 4. The normalized spacial score (nSPS) is 20.3. The molecular formula is C20H19N6O5S3+. The maximum absolute atomic E-state index is 12.8. The molecule has 0 unspecified atom stereocenters. The van der Waals surface area contributed by atoms with Gasteiger partial charge in [0.15, 0.2) is 23.2 Å². The van der Waals surface area contributed by atoms with Crippen LogP contribution in [0.3, 0.4) is 0 Å². The van der Waals surface area contributed by atoms with Gasteiger partial charge >= 0.3 is 5.97 Å². The SMILES string of the molecule is C[n+]1cccc(S/C=C/C2=C(C(=O)O)N3C(=O)[C@@H](NC(=O)/C(=N/O)c4csc(N)n4)[C@H]3SC2)c1. The van der Waals surface area contributed by atoms with E-state index in [2.05, 4.69) is 15.5 Å². The van der Waals surface area contributed by atoms with Crippen LogP contribution >= 0.6 is 34.9 Å². The van der Waals surface area contributed by atoms with Crippen LogP contribution in [0.15, 0.2) is 62.7 Å². The van der Waals surface area contributed by atoms with Crippen molar-refractivity contribution >= 4 is 63.5 Å². The number of thiazole rings is 1. The third-order valence-electron chi connectivity index (χ3n) is 4.95. The van der Waals surface area contributed by atoms with Gasteiger partial charge in [-0.3, -0.25) is 14.5 Å². The Kier molecular flexibility index (Phi) is 6.90. The molecule has 0 saturated carbocycles. The van der Waals surface area contributed by atoms with Crippen LogP contribution in [0.4, 0.5) is 5.13 Å². The molecule has 0 bridgehead atoms. The van der Waals surface area contributed by atoms with E-state index in [-0.39, 0.29) is 22.2 Å². The minimum Gasteiger partial charge on any atom is -0.477 e. The molecular weight excluding hydrogens is 500 g/mol. The van der Waals surface area contributed by atoms with Gasteiger partial charge in [-0.2, -0.15) is 0 Å². The maximum atomic E-state index is 12.8. The van der Waals surface area contributed by atoms with Gasteiger partial charge in [-0.05, 0) is 23.1 Å². The van der Waals surface area contributed by atoms with Gasteiger partial charge in [-0.1, -0.05) is 16.9 Å². The first-order chi connectivity index (χ1) is 16.3. The number of pyridine rings is 1. The summed E-state index contributed by atoms with van der Waals surface area (Å²) in [5.41, 5.74) is 5.63. The van der Waals surface area contributed by atoms with Gasteiger partial charge in [0.25, 0.3) is 11.8 Å². The Morgan fingerprint density at radius 2 is 2.26 bits per heavy atom. The van der Waals surface area contributed by atoms with E-state index in [4.69, 9.17) is 5.73 Å². The molecule has 0 aliphatic carbocycles. The number of carbonyl (C=O) groups is 3. The molecule has 2 aliphatic rings. The van der Waals surface area contributed by atoms with E-state index in [9.17, 15) is 24.7 Å². The molecule has 0 spiro atoms. The second kappa shape index (κ2) is 9.87. The quantitative estimate of drug-likeness (QED) is 0.103. The fraction of sp³-hybridized carbons (Fsp3) is 0.200. The lowest BCUT2D eigenvalue weighted by Crippen LogP contribution is -2.71. The number of carboxylic acids is 1. The summed E-state index contributed by atoms with van der Waals surface area (Å²) in [5, 5.41) is 27.3. The first-order valence-corrected chi connectivity index (χ1v) is 12.5. The summed E-state index contributed by atoms with van der Waals surface area (Å²) in [7, 11) is 1.91. The molecule has 0 radical (unpaired) electrons. The average Bonchev–Trinajstić information content (AvgIpc) is 3.23. The van der Waals surface area contributed by atoms with Crippen molar-refractivity contribution in [2.45, 2.75) is 16.3 Å². The molecule has 34 heavy (non-hydrogen) atoms. The highest BCUT2D eigenvalue weighted by atomic mass is 32.2. The lowest BCUT2D eigenvalue weighted by atomic mass is 10.0. The predicted molar refractivity (Wildman–Crippen MR) is 127 cm³/mol. The number of nitrogens with one attached hydrogen (secondary N) is 1. The first kappa shape index (κ1) is 23.8. The van der Waals surface area contributed by atoms with Gasteiger partial charge in [0.05, 0.1) is 4.90 Å². The van der Waals surface area contributed by atoms with Crippen LogP contribution in [0.25, 0.3) is 0 Å². The molecule has 11 nitrogen and oxygen atoms in total. The van der Waals surface area contributed by atoms with Crippen molar-refractivity contribution in [2.24, 2.45) is 12.2 Å². The molecule has 14 heteroatoms. The number of oxime groups is 1. The molecule has 2 amide bonds. The van der Waals surface area contributed by atoms with Crippen LogP contribution in [0.5, 0.6) is 0 Å². The molecule has 176 valence electrons. The van der Waals surface area contributed by atoms with Crippen LogP contribution in [-0.2, 0) is 21.4 Å². The van der Waals surface area contributed by atoms with Gasteiger partial charge in [-0.25, -0.2) is 14.3 Å². The van der Waals surface area contributed by atoms with Crippen LogP contribution in [0.2, 0.25) is 0 Å². The topological polar surface area (TPSA) is 162 Å². The van der Waals surface area contributed by atoms with E-state index < -0.39 is 29.2 Å². The van der Waals surface area contributed by atoms with Gasteiger partial charge in [0.2, 0.25) is 0 Å². The zero-order valence-corrected chi connectivity index (χ0v) is 20.1. The van der Waals surface area contributed by atoms with Gasteiger partial charge in [0.1, 0.15) is 29.9 Å². The van der Waals surface area contributed by atoms with Crippen molar-refractivity contribution in [3.8, 4) is 0 Å². The number of hydrogen-bond acceptors (Lipinski definition) is 10. The summed E-state index contributed by atoms with van der Waals surface area (Å²) < 4.78 is 1.91. The molecule has 2 aromatic heterocycles. The molecule has 5 N–H and O–H groups in total. The molecule has 4 heterocycles. The van der Waals surface area contributed by atoms with Gasteiger partial charge in [0, 0.05) is 17.2 Å². The van der Waals surface area contributed by atoms with E-state index in [0.717, 1.165) is 16.2 Å². The number of nitrogen functional groups attached to an aromatic ring is 1. The highest BCUT2D eigenvalue weighted by Crippen LogP contribution is 2.41. The van der Waals surface area contributed by atoms with E-state index in [1.165, 1.54) is 33.8 Å². The van der Waals surface area contributed by atoms with E-state index in [1.54, 1.807) is 11.5 Å². The Morgan fingerprint density at radius 3 is 2.91 bits per heavy atom. The van der Waals surface area contributed by atoms with Crippen molar-refractivity contribution in [2.75, 3.05) is 11.5 Å². The summed E-state index contributed by atoms with van der Waals surface area (Å²) >= 11 is 3.83. The Bertz CT molecular complexity index is 1260. The Labute approximate surface area is 206 Å². The average molecular weight is 520 g/mol. The third kappa shape index (κ3) is 4.64. The van der Waals surface area contributed by atoms with E-state index in [0.29, 0.717) is 11.3 Å². The van der Waals surface area contributed by atoms with E-state index >= 15 is 0 Å². The Hall–Kier alpha value is -3.36. The molecule has 4 rings (SSSR count). The fourth-order valence-electron chi connectivity index (χ4n) is 3.41. The molecule has 2 aromatic rings. The molecule has 2 aliphatic heterocycles. The smallest absolute Gasteiger partial charge is 0.352 e. The van der Waals surface area contributed by atoms with Crippen LogP contribution < -0.4 is 15.6 Å². The number of rotatable bonds is 7. The third-order valence-corrected chi connectivity index (χ3v) is 7.71. The van der Waals surface area contributed by atoms with Crippen molar-refractivity contribution < 1.29 is 29.3 Å². The van der Waals surface area contributed by atoms with E-state index in [1.807, 2.05) is 36.1 Å².